The van der Waals surface area contributed by atoms with Crippen molar-refractivity contribution < 1.29 is 4.74 Å². The first kappa shape index (κ1) is 13.5. The molecule has 1 aromatic rings. The molecule has 1 saturated heterocycles. The summed E-state index contributed by atoms with van der Waals surface area (Å²) in [6.07, 6.45) is 1.07. The second kappa shape index (κ2) is 5.83. The Morgan fingerprint density at radius 3 is 2.89 bits per heavy atom. The van der Waals surface area contributed by atoms with Gasteiger partial charge in [-0.1, -0.05) is 23.8 Å². The van der Waals surface area contributed by atoms with E-state index in [0.29, 0.717) is 6.04 Å². The molecule has 3 nitrogen and oxygen atoms in total. The molecule has 0 saturated carbocycles. The molecule has 0 amide bonds. The lowest BCUT2D eigenvalue weighted by Gasteiger charge is -2.28. The third kappa shape index (κ3) is 2.74. The molecular weight excluding hydrogens is 224 g/mol. The van der Waals surface area contributed by atoms with Gasteiger partial charge in [-0.15, -0.1) is 0 Å². The van der Waals surface area contributed by atoms with Gasteiger partial charge in [-0.25, -0.2) is 0 Å². The number of aryl methyl sites for hydroxylation is 2. The maximum absolute atomic E-state index is 6.31. The van der Waals surface area contributed by atoms with Gasteiger partial charge in [-0.05, 0) is 31.4 Å². The summed E-state index contributed by atoms with van der Waals surface area (Å²) in [5.41, 5.74) is 10.3. The van der Waals surface area contributed by atoms with Gasteiger partial charge < -0.3 is 10.5 Å². The van der Waals surface area contributed by atoms with Gasteiger partial charge in [0.2, 0.25) is 0 Å². The van der Waals surface area contributed by atoms with E-state index in [1.807, 2.05) is 0 Å². The summed E-state index contributed by atoms with van der Waals surface area (Å²) in [6, 6.07) is 7.23. The third-order valence-electron chi connectivity index (χ3n) is 3.88. The normalized spacial score (nSPS) is 24.7. The minimum absolute atomic E-state index is 0.238. The molecule has 1 fully saturated rings. The molecule has 1 aromatic carbocycles. The van der Waals surface area contributed by atoms with Crippen LogP contribution in [-0.4, -0.2) is 37.7 Å². The Hall–Kier alpha value is -0.900. The average molecular weight is 248 g/mol. The summed E-state index contributed by atoms with van der Waals surface area (Å²) in [5, 5.41) is 0. The zero-order valence-corrected chi connectivity index (χ0v) is 11.6. The number of ether oxygens (including phenoxy) is 1. The molecule has 100 valence electrons. The number of rotatable bonds is 4. The van der Waals surface area contributed by atoms with Crippen LogP contribution >= 0.6 is 0 Å². The second-order valence-electron chi connectivity index (χ2n) is 5.29. The van der Waals surface area contributed by atoms with Crippen LogP contribution in [0.1, 0.15) is 29.2 Å². The number of methoxy groups -OCH3 is 1. The van der Waals surface area contributed by atoms with Crippen molar-refractivity contribution in [3.63, 3.8) is 0 Å². The number of benzene rings is 1. The van der Waals surface area contributed by atoms with E-state index >= 15 is 0 Å². The van der Waals surface area contributed by atoms with E-state index in [-0.39, 0.29) is 6.04 Å². The van der Waals surface area contributed by atoms with Gasteiger partial charge in [0.05, 0.1) is 12.6 Å². The first-order chi connectivity index (χ1) is 8.63. The number of hydrogen-bond acceptors (Lipinski definition) is 3. The van der Waals surface area contributed by atoms with Crippen LogP contribution in [-0.2, 0) is 4.74 Å². The highest BCUT2D eigenvalue weighted by atomic mass is 16.5. The Balaban J connectivity index is 2.24. The molecule has 1 aliphatic rings. The minimum Gasteiger partial charge on any atom is -0.383 e. The summed E-state index contributed by atoms with van der Waals surface area (Å²) < 4.78 is 5.19. The molecule has 1 heterocycles. The monoisotopic (exact) mass is 248 g/mol. The van der Waals surface area contributed by atoms with Crippen molar-refractivity contribution in [2.75, 3.05) is 26.8 Å². The SMILES string of the molecule is COCCN1CCC(N)C1c1cc(C)ccc1C. The van der Waals surface area contributed by atoms with Crippen molar-refractivity contribution in [3.8, 4) is 0 Å². The Labute approximate surface area is 110 Å². The third-order valence-corrected chi connectivity index (χ3v) is 3.88. The van der Waals surface area contributed by atoms with Crippen molar-refractivity contribution in [3.05, 3.63) is 34.9 Å². The van der Waals surface area contributed by atoms with Gasteiger partial charge in [0.15, 0.2) is 0 Å². The fourth-order valence-corrected chi connectivity index (χ4v) is 2.85. The molecule has 0 radical (unpaired) electrons. The van der Waals surface area contributed by atoms with Gasteiger partial charge in [0.25, 0.3) is 0 Å². The number of likely N-dealkylation sites (tertiary alicyclic amines) is 1. The highest BCUT2D eigenvalue weighted by molar-refractivity contribution is 5.34. The number of hydrogen-bond donors (Lipinski definition) is 1. The van der Waals surface area contributed by atoms with Crippen molar-refractivity contribution in [1.29, 1.82) is 0 Å². The molecule has 2 unspecified atom stereocenters. The summed E-state index contributed by atoms with van der Waals surface area (Å²) in [7, 11) is 1.75. The molecule has 1 aliphatic heterocycles. The minimum atomic E-state index is 0.238. The standard InChI is InChI=1S/C15H24N2O/c1-11-4-5-12(2)13(10-11)15-14(16)6-7-17(15)8-9-18-3/h4-5,10,14-15H,6-9,16H2,1-3H3. The highest BCUT2D eigenvalue weighted by Crippen LogP contribution is 2.33. The second-order valence-corrected chi connectivity index (χ2v) is 5.29. The summed E-state index contributed by atoms with van der Waals surface area (Å²) >= 11 is 0. The quantitative estimate of drug-likeness (QED) is 0.886. The fraction of sp³-hybridized carbons (Fsp3) is 0.600. The molecule has 0 bridgehead atoms. The van der Waals surface area contributed by atoms with E-state index in [4.69, 9.17) is 10.5 Å². The predicted molar refractivity (Wildman–Crippen MR) is 74.7 cm³/mol. The van der Waals surface area contributed by atoms with E-state index in [9.17, 15) is 0 Å². The van der Waals surface area contributed by atoms with E-state index < -0.39 is 0 Å². The molecule has 2 rings (SSSR count). The van der Waals surface area contributed by atoms with Crippen molar-refractivity contribution in [2.24, 2.45) is 5.73 Å². The van der Waals surface area contributed by atoms with Gasteiger partial charge in [-0.3, -0.25) is 4.90 Å². The van der Waals surface area contributed by atoms with Crippen LogP contribution in [0.5, 0.6) is 0 Å². The number of nitrogens with zero attached hydrogens (tertiary/aromatic N) is 1. The maximum atomic E-state index is 6.31. The smallest absolute Gasteiger partial charge is 0.0589 e. The zero-order valence-electron chi connectivity index (χ0n) is 11.6. The van der Waals surface area contributed by atoms with Gasteiger partial charge >= 0.3 is 0 Å². The van der Waals surface area contributed by atoms with Crippen LogP contribution in [0.3, 0.4) is 0 Å². The Morgan fingerprint density at radius 2 is 2.17 bits per heavy atom. The largest absolute Gasteiger partial charge is 0.383 e. The van der Waals surface area contributed by atoms with E-state index in [0.717, 1.165) is 26.1 Å². The van der Waals surface area contributed by atoms with Gasteiger partial charge in [-0.2, -0.15) is 0 Å². The van der Waals surface area contributed by atoms with Crippen LogP contribution in [0.2, 0.25) is 0 Å². The topological polar surface area (TPSA) is 38.5 Å². The summed E-state index contributed by atoms with van der Waals surface area (Å²) in [5.74, 6) is 0. The predicted octanol–water partition coefficient (Wildman–Crippen LogP) is 2.02. The van der Waals surface area contributed by atoms with Gasteiger partial charge in [0, 0.05) is 26.2 Å². The van der Waals surface area contributed by atoms with E-state index in [1.165, 1.54) is 16.7 Å². The van der Waals surface area contributed by atoms with Crippen LogP contribution in [0.15, 0.2) is 18.2 Å². The van der Waals surface area contributed by atoms with E-state index in [1.54, 1.807) is 7.11 Å². The van der Waals surface area contributed by atoms with Crippen LogP contribution in [0, 0.1) is 13.8 Å². The molecular formula is C15H24N2O. The molecule has 0 aliphatic carbocycles. The summed E-state index contributed by atoms with van der Waals surface area (Å²) in [4.78, 5) is 2.45. The first-order valence-electron chi connectivity index (χ1n) is 6.69. The van der Waals surface area contributed by atoms with Gasteiger partial charge in [0.1, 0.15) is 0 Å². The first-order valence-corrected chi connectivity index (χ1v) is 6.69. The molecule has 0 aromatic heterocycles. The number of nitrogens with two attached hydrogens (primary N) is 1. The average Bonchev–Trinajstić information content (AvgIpc) is 2.71. The van der Waals surface area contributed by atoms with Crippen LogP contribution < -0.4 is 5.73 Å². The lowest BCUT2D eigenvalue weighted by atomic mass is 9.95. The fourth-order valence-electron chi connectivity index (χ4n) is 2.85. The van der Waals surface area contributed by atoms with Crippen molar-refractivity contribution in [1.82, 2.24) is 4.90 Å². The Morgan fingerprint density at radius 1 is 1.39 bits per heavy atom. The Bertz CT molecular complexity index is 405. The lowest BCUT2D eigenvalue weighted by molar-refractivity contribution is 0.139. The molecule has 3 heteroatoms. The molecule has 18 heavy (non-hydrogen) atoms. The lowest BCUT2D eigenvalue weighted by Crippen LogP contribution is -2.34. The van der Waals surface area contributed by atoms with Crippen LogP contribution in [0.4, 0.5) is 0 Å². The summed E-state index contributed by atoms with van der Waals surface area (Å²) in [6.45, 7) is 7.12. The molecule has 2 atom stereocenters. The van der Waals surface area contributed by atoms with Crippen molar-refractivity contribution in [2.45, 2.75) is 32.4 Å². The maximum Gasteiger partial charge on any atom is 0.0589 e. The molecule has 0 spiro atoms. The van der Waals surface area contributed by atoms with Crippen molar-refractivity contribution >= 4 is 0 Å². The van der Waals surface area contributed by atoms with E-state index in [2.05, 4.69) is 36.9 Å². The molecule has 2 N–H and O–H groups in total. The highest BCUT2D eigenvalue weighted by Gasteiger charge is 2.33. The Kier molecular flexibility index (Phi) is 4.38. The van der Waals surface area contributed by atoms with Crippen LogP contribution in [0.25, 0.3) is 0 Å². The zero-order chi connectivity index (χ0) is 13.1.